The van der Waals surface area contributed by atoms with Crippen LogP contribution in [0, 0.1) is 5.92 Å². The summed E-state index contributed by atoms with van der Waals surface area (Å²) in [7, 11) is 3.92. The molecular weight excluding hydrogens is 270 g/mol. The third-order valence-corrected chi connectivity index (χ3v) is 5.25. The zero-order chi connectivity index (χ0) is 14.4. The zero-order valence-electron chi connectivity index (χ0n) is 12.9. The fourth-order valence-electron chi connectivity index (χ4n) is 2.71. The summed E-state index contributed by atoms with van der Waals surface area (Å²) in [5.74, 6) is 0.900. The minimum absolute atomic E-state index is 0.673. The maximum atomic E-state index is 5.03. The predicted molar refractivity (Wildman–Crippen MR) is 85.5 cm³/mol. The van der Waals surface area contributed by atoms with Crippen LogP contribution in [-0.4, -0.2) is 38.3 Å². The van der Waals surface area contributed by atoms with Crippen LogP contribution in [0.25, 0.3) is 0 Å². The van der Waals surface area contributed by atoms with Gasteiger partial charge in [-0.25, -0.2) is 4.98 Å². The molecule has 114 valence electrons. The molecule has 0 atom stereocenters. The second kappa shape index (κ2) is 7.96. The van der Waals surface area contributed by atoms with Gasteiger partial charge in [-0.1, -0.05) is 6.92 Å². The predicted octanol–water partition coefficient (Wildman–Crippen LogP) is 2.89. The van der Waals surface area contributed by atoms with E-state index in [9.17, 15) is 0 Å². The number of methoxy groups -OCH3 is 1. The Hall–Kier alpha value is -0.650. The number of rotatable bonds is 7. The summed E-state index contributed by atoms with van der Waals surface area (Å²) in [5, 5.41) is 4.53. The molecule has 1 heterocycles. The maximum Gasteiger partial charge on any atom is 0.185 e. The molecule has 20 heavy (non-hydrogen) atoms. The summed E-state index contributed by atoms with van der Waals surface area (Å²) in [4.78, 5) is 8.26. The molecule has 0 bridgehead atoms. The van der Waals surface area contributed by atoms with Crippen molar-refractivity contribution in [1.82, 2.24) is 10.3 Å². The van der Waals surface area contributed by atoms with Gasteiger partial charge in [-0.2, -0.15) is 0 Å². The highest BCUT2D eigenvalue weighted by Gasteiger charge is 2.23. The molecule has 1 aromatic rings. The van der Waals surface area contributed by atoms with Crippen LogP contribution in [0.2, 0.25) is 0 Å². The fraction of sp³-hybridized carbons (Fsp3) is 0.800. The van der Waals surface area contributed by atoms with Gasteiger partial charge in [0.1, 0.15) is 0 Å². The first-order chi connectivity index (χ1) is 9.70. The molecule has 1 N–H and O–H groups in total. The Labute approximate surface area is 126 Å². The van der Waals surface area contributed by atoms with Gasteiger partial charge in [0.15, 0.2) is 5.13 Å². The molecular formula is C15H27N3OS. The van der Waals surface area contributed by atoms with Crippen molar-refractivity contribution in [3.8, 4) is 0 Å². The van der Waals surface area contributed by atoms with Crippen LogP contribution in [0.1, 0.15) is 37.5 Å². The Bertz CT molecular complexity index is 388. The fourth-order valence-corrected chi connectivity index (χ4v) is 3.63. The van der Waals surface area contributed by atoms with E-state index in [0.717, 1.165) is 30.7 Å². The highest BCUT2D eigenvalue weighted by atomic mass is 32.1. The van der Waals surface area contributed by atoms with Gasteiger partial charge in [-0.15, -0.1) is 11.3 Å². The van der Waals surface area contributed by atoms with E-state index in [4.69, 9.17) is 4.74 Å². The lowest BCUT2D eigenvalue weighted by Gasteiger charge is -2.33. The highest BCUT2D eigenvalue weighted by molar-refractivity contribution is 7.15. The monoisotopic (exact) mass is 297 g/mol. The van der Waals surface area contributed by atoms with Gasteiger partial charge < -0.3 is 15.0 Å². The summed E-state index contributed by atoms with van der Waals surface area (Å²) >= 11 is 1.80. The molecule has 1 fully saturated rings. The largest absolute Gasteiger partial charge is 0.383 e. The van der Waals surface area contributed by atoms with E-state index in [2.05, 4.69) is 29.2 Å². The molecule has 0 amide bonds. The molecule has 0 radical (unpaired) electrons. The number of nitrogens with one attached hydrogen (secondary N) is 1. The zero-order valence-corrected chi connectivity index (χ0v) is 13.7. The molecule has 0 aliphatic heterocycles. The van der Waals surface area contributed by atoms with Gasteiger partial charge in [-0.3, -0.25) is 0 Å². The molecule has 0 saturated heterocycles. The van der Waals surface area contributed by atoms with Crippen molar-refractivity contribution in [3.63, 3.8) is 0 Å². The summed E-state index contributed by atoms with van der Waals surface area (Å²) in [6.45, 7) is 4.89. The van der Waals surface area contributed by atoms with Crippen LogP contribution in [0.5, 0.6) is 0 Å². The van der Waals surface area contributed by atoms with Crippen molar-refractivity contribution in [1.29, 1.82) is 0 Å². The maximum absolute atomic E-state index is 5.03. The molecule has 1 aliphatic carbocycles. The molecule has 1 aromatic heterocycles. The lowest BCUT2D eigenvalue weighted by atomic mass is 9.87. The molecule has 5 heteroatoms. The van der Waals surface area contributed by atoms with Crippen molar-refractivity contribution in [2.45, 2.75) is 45.2 Å². The first kappa shape index (κ1) is 15.7. The summed E-state index contributed by atoms with van der Waals surface area (Å²) in [6, 6.07) is 0.673. The second-order valence-electron chi connectivity index (χ2n) is 5.80. The summed E-state index contributed by atoms with van der Waals surface area (Å²) in [6.07, 6.45) is 7.32. The number of hydrogen-bond acceptors (Lipinski definition) is 5. The highest BCUT2D eigenvalue weighted by Crippen LogP contribution is 2.31. The normalized spacial score (nSPS) is 22.9. The quantitative estimate of drug-likeness (QED) is 0.785. The van der Waals surface area contributed by atoms with Gasteiger partial charge in [0, 0.05) is 44.4 Å². The van der Waals surface area contributed by atoms with E-state index in [1.165, 1.54) is 30.6 Å². The molecule has 2 rings (SSSR count). The van der Waals surface area contributed by atoms with E-state index >= 15 is 0 Å². The van der Waals surface area contributed by atoms with Crippen molar-refractivity contribution in [2.24, 2.45) is 5.92 Å². The Morgan fingerprint density at radius 2 is 2.15 bits per heavy atom. The molecule has 1 saturated carbocycles. The lowest BCUT2D eigenvalue weighted by molar-refractivity contribution is 0.199. The second-order valence-corrected chi connectivity index (χ2v) is 6.90. The molecule has 1 aliphatic rings. The van der Waals surface area contributed by atoms with Crippen molar-refractivity contribution in [3.05, 3.63) is 11.1 Å². The van der Waals surface area contributed by atoms with Crippen LogP contribution in [0.15, 0.2) is 6.20 Å². The molecule has 0 aromatic carbocycles. The van der Waals surface area contributed by atoms with E-state index in [1.54, 1.807) is 18.4 Å². The smallest absolute Gasteiger partial charge is 0.185 e. The van der Waals surface area contributed by atoms with Gasteiger partial charge >= 0.3 is 0 Å². The van der Waals surface area contributed by atoms with Crippen LogP contribution < -0.4 is 10.2 Å². The number of thiazole rings is 1. The molecule has 0 spiro atoms. The number of anilines is 1. The molecule has 0 unspecified atom stereocenters. The number of nitrogens with zero attached hydrogens (tertiary/aromatic N) is 2. The van der Waals surface area contributed by atoms with Gasteiger partial charge in [0.2, 0.25) is 0 Å². The van der Waals surface area contributed by atoms with E-state index < -0.39 is 0 Å². The Morgan fingerprint density at radius 1 is 1.40 bits per heavy atom. The van der Waals surface area contributed by atoms with E-state index in [0.29, 0.717) is 6.04 Å². The SMILES string of the molecule is COCCNCc1cnc(N(C)C2CCC(C)CC2)s1. The Balaban J connectivity index is 1.81. The van der Waals surface area contributed by atoms with Crippen LogP contribution in [-0.2, 0) is 11.3 Å². The van der Waals surface area contributed by atoms with E-state index in [1.807, 2.05) is 6.20 Å². The van der Waals surface area contributed by atoms with Crippen LogP contribution >= 0.6 is 11.3 Å². The average Bonchev–Trinajstić information content (AvgIpc) is 2.92. The third-order valence-electron chi connectivity index (χ3n) is 4.16. The number of ether oxygens (including phenoxy) is 1. The van der Waals surface area contributed by atoms with Gasteiger partial charge in [0.25, 0.3) is 0 Å². The first-order valence-corrected chi connectivity index (χ1v) is 8.39. The number of aromatic nitrogens is 1. The summed E-state index contributed by atoms with van der Waals surface area (Å²) < 4.78 is 5.03. The van der Waals surface area contributed by atoms with Gasteiger partial charge in [-0.05, 0) is 31.6 Å². The van der Waals surface area contributed by atoms with Crippen molar-refractivity contribution >= 4 is 16.5 Å². The third kappa shape index (κ3) is 4.43. The number of hydrogen-bond donors (Lipinski definition) is 1. The topological polar surface area (TPSA) is 37.4 Å². The van der Waals surface area contributed by atoms with Crippen molar-refractivity contribution < 1.29 is 4.74 Å². The first-order valence-electron chi connectivity index (χ1n) is 7.58. The van der Waals surface area contributed by atoms with Crippen LogP contribution in [0.3, 0.4) is 0 Å². The molecule has 4 nitrogen and oxygen atoms in total. The lowest BCUT2D eigenvalue weighted by Crippen LogP contribution is -2.34. The van der Waals surface area contributed by atoms with E-state index in [-0.39, 0.29) is 0 Å². The van der Waals surface area contributed by atoms with Crippen LogP contribution in [0.4, 0.5) is 5.13 Å². The minimum Gasteiger partial charge on any atom is -0.383 e. The minimum atomic E-state index is 0.673. The average molecular weight is 297 g/mol. The van der Waals surface area contributed by atoms with Gasteiger partial charge in [0.05, 0.1) is 6.61 Å². The Morgan fingerprint density at radius 3 is 2.85 bits per heavy atom. The Kier molecular flexibility index (Phi) is 6.26. The summed E-state index contributed by atoms with van der Waals surface area (Å²) in [5.41, 5.74) is 0. The standard InChI is InChI=1S/C15H27N3OS/c1-12-4-6-13(7-5-12)18(2)15-17-11-14(20-15)10-16-8-9-19-3/h11-13,16H,4-10H2,1-3H3. The van der Waals surface area contributed by atoms with Crippen molar-refractivity contribution in [2.75, 3.05) is 32.2 Å².